The molecule has 0 aliphatic carbocycles. The molecule has 0 aliphatic heterocycles. The average molecular weight is 364 g/mol. The molecule has 3 rings (SSSR count). The van der Waals surface area contributed by atoms with Crippen molar-refractivity contribution in [1.29, 1.82) is 5.26 Å². The fraction of sp³-hybridized carbons (Fsp3) is 0.316. The number of nitrogens with one attached hydrogen (secondary N) is 1. The summed E-state index contributed by atoms with van der Waals surface area (Å²) in [6.45, 7) is 1.10. The minimum atomic E-state index is 0.189. The number of hydrogen-bond donors (Lipinski definition) is 1. The maximum Gasteiger partial charge on any atom is 0.183 e. The summed E-state index contributed by atoms with van der Waals surface area (Å²) < 4.78 is 10.9. The standard InChI is InChI=1S/C19H20N6O2/c1-26-13-14(6-9-20)8-11-27-17-4-2-15(3-5-17)18-23-19(25-24-18)16-7-10-21-22-12-16/h2-5,7,10,12,14H,6,8,11,13H2,1H3,(H,23,24,25). The Kier molecular flexibility index (Phi) is 6.44. The van der Waals surface area contributed by atoms with Crippen LogP contribution in [-0.4, -0.2) is 45.7 Å². The van der Waals surface area contributed by atoms with Crippen molar-refractivity contribution < 1.29 is 9.47 Å². The van der Waals surface area contributed by atoms with Gasteiger partial charge in [-0.05, 0) is 42.7 Å². The van der Waals surface area contributed by atoms with Gasteiger partial charge >= 0.3 is 0 Å². The zero-order valence-corrected chi connectivity index (χ0v) is 15.0. The highest BCUT2D eigenvalue weighted by Crippen LogP contribution is 2.22. The number of H-pyrrole nitrogens is 1. The van der Waals surface area contributed by atoms with Crippen LogP contribution in [0.3, 0.4) is 0 Å². The smallest absolute Gasteiger partial charge is 0.183 e. The van der Waals surface area contributed by atoms with Gasteiger partial charge in [0.2, 0.25) is 0 Å². The zero-order chi connectivity index (χ0) is 18.9. The number of nitrogens with zero attached hydrogens (tertiary/aromatic N) is 5. The Morgan fingerprint density at radius 3 is 2.70 bits per heavy atom. The third kappa shape index (κ3) is 5.09. The molecule has 3 aromatic rings. The number of methoxy groups -OCH3 is 1. The van der Waals surface area contributed by atoms with E-state index in [0.29, 0.717) is 31.3 Å². The quantitative estimate of drug-likeness (QED) is 0.621. The Labute approximate surface area is 157 Å². The van der Waals surface area contributed by atoms with Crippen LogP contribution in [-0.2, 0) is 4.74 Å². The minimum Gasteiger partial charge on any atom is -0.494 e. The molecular weight excluding hydrogens is 344 g/mol. The largest absolute Gasteiger partial charge is 0.494 e. The first-order chi connectivity index (χ1) is 13.3. The van der Waals surface area contributed by atoms with Gasteiger partial charge in [-0.25, -0.2) is 4.98 Å². The van der Waals surface area contributed by atoms with Crippen molar-refractivity contribution in [2.75, 3.05) is 20.3 Å². The topological polar surface area (TPSA) is 110 Å². The molecule has 0 saturated heterocycles. The molecule has 0 fully saturated rings. The molecule has 138 valence electrons. The van der Waals surface area contributed by atoms with E-state index in [1.807, 2.05) is 24.3 Å². The predicted molar refractivity (Wildman–Crippen MR) is 98.6 cm³/mol. The second kappa shape index (κ2) is 9.40. The van der Waals surface area contributed by atoms with E-state index in [0.717, 1.165) is 23.3 Å². The van der Waals surface area contributed by atoms with Gasteiger partial charge in [0.25, 0.3) is 0 Å². The lowest BCUT2D eigenvalue weighted by atomic mass is 10.0. The third-order valence-corrected chi connectivity index (χ3v) is 4.03. The van der Waals surface area contributed by atoms with E-state index in [1.165, 1.54) is 0 Å². The number of hydrogen-bond acceptors (Lipinski definition) is 7. The van der Waals surface area contributed by atoms with Crippen molar-refractivity contribution in [2.45, 2.75) is 12.8 Å². The summed E-state index contributed by atoms with van der Waals surface area (Å²) in [6.07, 6.45) is 4.46. The molecule has 2 aromatic heterocycles. The molecule has 0 saturated carbocycles. The number of benzene rings is 1. The van der Waals surface area contributed by atoms with E-state index in [-0.39, 0.29) is 5.92 Å². The van der Waals surface area contributed by atoms with E-state index in [4.69, 9.17) is 14.7 Å². The second-order valence-electron chi connectivity index (χ2n) is 5.98. The van der Waals surface area contributed by atoms with E-state index in [2.05, 4.69) is 31.4 Å². The third-order valence-electron chi connectivity index (χ3n) is 4.03. The summed E-state index contributed by atoms with van der Waals surface area (Å²) in [5.41, 5.74) is 1.71. The summed E-state index contributed by atoms with van der Waals surface area (Å²) in [6, 6.07) is 11.6. The number of aromatic amines is 1. The molecule has 8 nitrogen and oxygen atoms in total. The van der Waals surface area contributed by atoms with Gasteiger partial charge in [0.1, 0.15) is 5.75 Å². The van der Waals surface area contributed by atoms with Crippen molar-refractivity contribution in [1.82, 2.24) is 25.4 Å². The number of ether oxygens (including phenoxy) is 2. The molecule has 0 radical (unpaired) electrons. The molecule has 1 unspecified atom stereocenters. The Bertz CT molecular complexity index is 873. The Morgan fingerprint density at radius 1 is 1.15 bits per heavy atom. The normalized spacial score (nSPS) is 11.7. The summed E-state index contributed by atoms with van der Waals surface area (Å²) in [7, 11) is 1.64. The van der Waals surface area contributed by atoms with Crippen LogP contribution in [0.15, 0.2) is 42.7 Å². The Hall–Kier alpha value is -3.31. The first kappa shape index (κ1) is 18.5. The lowest BCUT2D eigenvalue weighted by Crippen LogP contribution is -2.12. The van der Waals surface area contributed by atoms with Crippen LogP contribution < -0.4 is 4.74 Å². The zero-order valence-electron chi connectivity index (χ0n) is 15.0. The van der Waals surface area contributed by atoms with Crippen LogP contribution in [0, 0.1) is 17.2 Å². The molecule has 8 heteroatoms. The molecule has 0 spiro atoms. The fourth-order valence-corrected chi connectivity index (χ4v) is 2.60. The molecular formula is C19H20N6O2. The molecule has 27 heavy (non-hydrogen) atoms. The van der Waals surface area contributed by atoms with Crippen LogP contribution in [0.2, 0.25) is 0 Å². The first-order valence-corrected chi connectivity index (χ1v) is 8.58. The highest BCUT2D eigenvalue weighted by atomic mass is 16.5. The lowest BCUT2D eigenvalue weighted by molar-refractivity contribution is 0.138. The van der Waals surface area contributed by atoms with Crippen LogP contribution in [0.1, 0.15) is 12.8 Å². The van der Waals surface area contributed by atoms with Crippen molar-refractivity contribution in [3.8, 4) is 34.6 Å². The van der Waals surface area contributed by atoms with Gasteiger partial charge in [-0.2, -0.15) is 20.6 Å². The van der Waals surface area contributed by atoms with Crippen molar-refractivity contribution >= 4 is 0 Å². The Morgan fingerprint density at radius 2 is 2.00 bits per heavy atom. The van der Waals surface area contributed by atoms with Crippen molar-refractivity contribution in [3.63, 3.8) is 0 Å². The molecule has 0 aliphatic rings. The fourth-order valence-electron chi connectivity index (χ4n) is 2.60. The maximum atomic E-state index is 8.83. The first-order valence-electron chi connectivity index (χ1n) is 8.58. The van der Waals surface area contributed by atoms with Crippen LogP contribution >= 0.6 is 0 Å². The van der Waals surface area contributed by atoms with E-state index in [1.54, 1.807) is 25.6 Å². The number of aromatic nitrogens is 5. The van der Waals surface area contributed by atoms with Crippen LogP contribution in [0.25, 0.3) is 22.8 Å². The molecule has 1 N–H and O–H groups in total. The summed E-state index contributed by atoms with van der Waals surface area (Å²) in [5, 5.41) is 23.6. The highest BCUT2D eigenvalue weighted by Gasteiger charge is 2.10. The van der Waals surface area contributed by atoms with Gasteiger partial charge in [-0.1, -0.05) is 0 Å². The predicted octanol–water partition coefficient (Wildman–Crippen LogP) is 2.87. The van der Waals surface area contributed by atoms with Crippen LogP contribution in [0.4, 0.5) is 0 Å². The van der Waals surface area contributed by atoms with Gasteiger partial charge in [-0.3, -0.25) is 5.10 Å². The van der Waals surface area contributed by atoms with E-state index in [9.17, 15) is 0 Å². The molecule has 1 atom stereocenters. The van der Waals surface area contributed by atoms with Gasteiger partial charge < -0.3 is 9.47 Å². The monoisotopic (exact) mass is 364 g/mol. The molecule has 0 amide bonds. The van der Waals surface area contributed by atoms with Crippen molar-refractivity contribution in [3.05, 3.63) is 42.7 Å². The molecule has 0 bridgehead atoms. The van der Waals surface area contributed by atoms with Crippen LogP contribution in [0.5, 0.6) is 5.75 Å². The summed E-state index contributed by atoms with van der Waals surface area (Å²) >= 11 is 0. The number of rotatable bonds is 9. The van der Waals surface area contributed by atoms with Gasteiger partial charge in [0, 0.05) is 24.7 Å². The molecule has 1 aromatic carbocycles. The summed E-state index contributed by atoms with van der Waals surface area (Å²) in [4.78, 5) is 4.49. The van der Waals surface area contributed by atoms with E-state index >= 15 is 0 Å². The summed E-state index contributed by atoms with van der Waals surface area (Å²) in [5.74, 6) is 2.20. The minimum absolute atomic E-state index is 0.189. The van der Waals surface area contributed by atoms with Gasteiger partial charge in [0.15, 0.2) is 11.6 Å². The number of nitriles is 1. The molecule has 2 heterocycles. The van der Waals surface area contributed by atoms with Crippen molar-refractivity contribution in [2.24, 2.45) is 5.92 Å². The second-order valence-corrected chi connectivity index (χ2v) is 5.98. The Balaban J connectivity index is 1.58. The van der Waals surface area contributed by atoms with Gasteiger partial charge in [0.05, 0.1) is 31.7 Å². The lowest BCUT2D eigenvalue weighted by Gasteiger charge is -2.13. The SMILES string of the molecule is COCC(CC#N)CCOc1ccc(-c2nc(-c3ccnnc3)n[nH]2)cc1. The highest BCUT2D eigenvalue weighted by molar-refractivity contribution is 5.60. The van der Waals surface area contributed by atoms with E-state index < -0.39 is 0 Å². The maximum absolute atomic E-state index is 8.83. The average Bonchev–Trinajstić information content (AvgIpc) is 3.20. The van der Waals surface area contributed by atoms with Gasteiger partial charge in [-0.15, -0.1) is 0 Å².